The van der Waals surface area contributed by atoms with Crippen LogP contribution < -0.4 is 16.1 Å². The summed E-state index contributed by atoms with van der Waals surface area (Å²) in [4.78, 5) is 28.2. The Morgan fingerprint density at radius 2 is 2.14 bits per heavy atom. The molecule has 3 N–H and O–H groups in total. The first-order valence-electron chi connectivity index (χ1n) is 7.18. The SMILES string of the molecule is O=C1NCCN1CCNCc1cc(=O)c2cc(F)ccc2[nH]1. The normalized spacial score (nSPS) is 14.6. The molecule has 1 aromatic heterocycles. The van der Waals surface area contributed by atoms with Gasteiger partial charge in [-0.15, -0.1) is 0 Å². The molecule has 1 aliphatic heterocycles. The van der Waals surface area contributed by atoms with E-state index in [1.807, 2.05) is 0 Å². The average molecular weight is 304 g/mol. The van der Waals surface area contributed by atoms with E-state index in [2.05, 4.69) is 15.6 Å². The number of hydrogen-bond acceptors (Lipinski definition) is 3. The molecule has 1 aromatic carbocycles. The number of aromatic amines is 1. The number of H-pyrrole nitrogens is 1. The van der Waals surface area contributed by atoms with Gasteiger partial charge in [0.15, 0.2) is 5.43 Å². The van der Waals surface area contributed by atoms with Crippen LogP contribution in [-0.4, -0.2) is 42.1 Å². The second-order valence-corrected chi connectivity index (χ2v) is 5.24. The lowest BCUT2D eigenvalue weighted by molar-refractivity contribution is 0.217. The number of halogens is 1. The van der Waals surface area contributed by atoms with E-state index in [1.54, 1.807) is 11.0 Å². The van der Waals surface area contributed by atoms with Crippen molar-refractivity contribution in [1.82, 2.24) is 20.5 Å². The highest BCUT2D eigenvalue weighted by Gasteiger charge is 2.18. The largest absolute Gasteiger partial charge is 0.357 e. The Bertz CT molecular complexity index is 759. The molecule has 6 nitrogen and oxygen atoms in total. The van der Waals surface area contributed by atoms with Crippen molar-refractivity contribution < 1.29 is 9.18 Å². The summed E-state index contributed by atoms with van der Waals surface area (Å²) in [7, 11) is 0. The van der Waals surface area contributed by atoms with Gasteiger partial charge in [-0.05, 0) is 18.2 Å². The number of hydrogen-bond donors (Lipinski definition) is 3. The number of nitrogens with zero attached hydrogens (tertiary/aromatic N) is 1. The van der Waals surface area contributed by atoms with Crippen LogP contribution in [0.3, 0.4) is 0 Å². The molecule has 2 amide bonds. The predicted molar refractivity (Wildman–Crippen MR) is 81.2 cm³/mol. The van der Waals surface area contributed by atoms with Crippen LogP contribution in [0, 0.1) is 5.82 Å². The lowest BCUT2D eigenvalue weighted by Crippen LogP contribution is -2.34. The molecule has 2 aromatic rings. The minimum absolute atomic E-state index is 0.0389. The van der Waals surface area contributed by atoms with Gasteiger partial charge in [-0.1, -0.05) is 0 Å². The standard InChI is InChI=1S/C15H17FN4O2/c16-10-1-2-13-12(7-10)14(21)8-11(19-13)9-17-3-5-20-6-4-18-15(20)22/h1-2,7-8,17H,3-6,9H2,(H,18,22)(H,19,21). The van der Waals surface area contributed by atoms with Gasteiger partial charge in [-0.25, -0.2) is 9.18 Å². The molecule has 1 fully saturated rings. The molecule has 1 saturated heterocycles. The summed E-state index contributed by atoms with van der Waals surface area (Å²) in [6.45, 7) is 3.15. The van der Waals surface area contributed by atoms with Crippen molar-refractivity contribution in [3.8, 4) is 0 Å². The van der Waals surface area contributed by atoms with Gasteiger partial charge in [0.25, 0.3) is 0 Å². The van der Waals surface area contributed by atoms with Crippen molar-refractivity contribution in [2.75, 3.05) is 26.2 Å². The smallest absolute Gasteiger partial charge is 0.317 e. The van der Waals surface area contributed by atoms with E-state index in [9.17, 15) is 14.0 Å². The summed E-state index contributed by atoms with van der Waals surface area (Å²) in [6.07, 6.45) is 0. The number of benzene rings is 1. The first-order valence-corrected chi connectivity index (χ1v) is 7.18. The van der Waals surface area contributed by atoms with Crippen LogP contribution in [0.1, 0.15) is 5.69 Å². The Balaban J connectivity index is 1.61. The second kappa shape index (κ2) is 6.15. The minimum atomic E-state index is -0.423. The zero-order valence-electron chi connectivity index (χ0n) is 12.0. The van der Waals surface area contributed by atoms with Crippen LogP contribution in [0.4, 0.5) is 9.18 Å². The van der Waals surface area contributed by atoms with Gasteiger partial charge < -0.3 is 20.5 Å². The van der Waals surface area contributed by atoms with Crippen molar-refractivity contribution in [3.05, 3.63) is 46.0 Å². The molecule has 0 radical (unpaired) electrons. The van der Waals surface area contributed by atoms with Crippen molar-refractivity contribution in [2.24, 2.45) is 0 Å². The molecule has 0 spiro atoms. The molecule has 116 valence electrons. The number of pyridine rings is 1. The van der Waals surface area contributed by atoms with Gasteiger partial charge in [-0.2, -0.15) is 0 Å². The van der Waals surface area contributed by atoms with E-state index in [0.717, 1.165) is 12.2 Å². The third-order valence-corrected chi connectivity index (χ3v) is 3.67. The highest BCUT2D eigenvalue weighted by atomic mass is 19.1. The van der Waals surface area contributed by atoms with Gasteiger partial charge in [0.2, 0.25) is 0 Å². The summed E-state index contributed by atoms with van der Waals surface area (Å²) in [5.74, 6) is -0.423. The Morgan fingerprint density at radius 1 is 1.27 bits per heavy atom. The van der Waals surface area contributed by atoms with Crippen molar-refractivity contribution in [3.63, 3.8) is 0 Å². The van der Waals surface area contributed by atoms with E-state index >= 15 is 0 Å². The van der Waals surface area contributed by atoms with Gasteiger partial charge in [0.05, 0.1) is 0 Å². The number of nitrogens with one attached hydrogen (secondary N) is 3. The Hall–Kier alpha value is -2.41. The Labute approximate surface area is 126 Å². The number of aromatic nitrogens is 1. The maximum absolute atomic E-state index is 13.1. The lowest BCUT2D eigenvalue weighted by atomic mass is 10.2. The van der Waals surface area contributed by atoms with Gasteiger partial charge >= 0.3 is 6.03 Å². The minimum Gasteiger partial charge on any atom is -0.357 e. The number of carbonyl (C=O) groups excluding carboxylic acids is 1. The molecule has 0 aliphatic carbocycles. The van der Waals surface area contributed by atoms with E-state index in [-0.39, 0.29) is 11.5 Å². The maximum atomic E-state index is 13.1. The van der Waals surface area contributed by atoms with Crippen molar-refractivity contribution in [1.29, 1.82) is 0 Å². The highest BCUT2D eigenvalue weighted by molar-refractivity contribution is 5.78. The summed E-state index contributed by atoms with van der Waals surface area (Å²) >= 11 is 0. The third-order valence-electron chi connectivity index (χ3n) is 3.67. The number of carbonyl (C=O) groups is 1. The summed E-state index contributed by atoms with van der Waals surface area (Å²) in [6, 6.07) is 5.54. The van der Waals surface area contributed by atoms with Gasteiger partial charge in [0, 0.05) is 55.4 Å². The van der Waals surface area contributed by atoms with E-state index in [0.29, 0.717) is 37.1 Å². The van der Waals surface area contributed by atoms with Gasteiger partial charge in [-0.3, -0.25) is 4.79 Å². The molecular weight excluding hydrogens is 287 g/mol. The monoisotopic (exact) mass is 304 g/mol. The molecular formula is C15H17FN4O2. The highest BCUT2D eigenvalue weighted by Crippen LogP contribution is 2.10. The van der Waals surface area contributed by atoms with Crippen LogP contribution in [0.5, 0.6) is 0 Å². The van der Waals surface area contributed by atoms with E-state index in [4.69, 9.17) is 0 Å². The van der Waals surface area contributed by atoms with Crippen molar-refractivity contribution >= 4 is 16.9 Å². The Kier molecular flexibility index (Phi) is 4.06. The molecule has 0 atom stereocenters. The number of fused-ring (bicyclic) bond motifs is 1. The van der Waals surface area contributed by atoms with Crippen LogP contribution in [0.25, 0.3) is 10.9 Å². The van der Waals surface area contributed by atoms with E-state index in [1.165, 1.54) is 18.2 Å². The zero-order chi connectivity index (χ0) is 15.5. The van der Waals surface area contributed by atoms with Crippen LogP contribution >= 0.6 is 0 Å². The van der Waals surface area contributed by atoms with Gasteiger partial charge in [0.1, 0.15) is 5.82 Å². The third kappa shape index (κ3) is 3.09. The second-order valence-electron chi connectivity index (χ2n) is 5.24. The van der Waals surface area contributed by atoms with Crippen LogP contribution in [-0.2, 0) is 6.54 Å². The fraction of sp³-hybridized carbons (Fsp3) is 0.333. The fourth-order valence-electron chi connectivity index (χ4n) is 2.53. The average Bonchev–Trinajstić information content (AvgIpc) is 2.90. The quantitative estimate of drug-likeness (QED) is 0.715. The summed E-state index contributed by atoms with van der Waals surface area (Å²) < 4.78 is 13.1. The summed E-state index contributed by atoms with van der Waals surface area (Å²) in [5, 5.41) is 6.27. The first kappa shape index (κ1) is 14.5. The molecule has 7 heteroatoms. The maximum Gasteiger partial charge on any atom is 0.317 e. The van der Waals surface area contributed by atoms with E-state index < -0.39 is 5.82 Å². The number of rotatable bonds is 5. The van der Waals surface area contributed by atoms with Crippen molar-refractivity contribution in [2.45, 2.75) is 6.54 Å². The molecule has 2 heterocycles. The number of urea groups is 1. The molecule has 3 rings (SSSR count). The molecule has 22 heavy (non-hydrogen) atoms. The molecule has 1 aliphatic rings. The molecule has 0 unspecified atom stereocenters. The van der Waals surface area contributed by atoms with Crippen LogP contribution in [0.2, 0.25) is 0 Å². The fourth-order valence-corrected chi connectivity index (χ4v) is 2.53. The zero-order valence-corrected chi connectivity index (χ0v) is 12.0. The first-order chi connectivity index (χ1) is 10.6. The topological polar surface area (TPSA) is 77.2 Å². The Morgan fingerprint density at radius 3 is 2.91 bits per heavy atom. The molecule has 0 bridgehead atoms. The summed E-state index contributed by atoms with van der Waals surface area (Å²) in [5.41, 5.74) is 1.14. The predicted octanol–water partition coefficient (Wildman–Crippen LogP) is 0.782. The molecule has 0 saturated carbocycles. The number of amides is 2. The lowest BCUT2D eigenvalue weighted by Gasteiger charge is -2.14. The van der Waals surface area contributed by atoms with Crippen LogP contribution in [0.15, 0.2) is 29.1 Å².